The third-order valence-electron chi connectivity index (χ3n) is 2.84. The van der Waals surface area contributed by atoms with Gasteiger partial charge in [-0.25, -0.2) is 0 Å². The molecule has 0 spiro atoms. The van der Waals surface area contributed by atoms with Crippen LogP contribution in [0.25, 0.3) is 0 Å². The largest absolute Gasteiger partial charge is 0.322 e. The van der Waals surface area contributed by atoms with Crippen molar-refractivity contribution in [2.45, 2.75) is 6.92 Å². The van der Waals surface area contributed by atoms with Crippen LogP contribution in [0.2, 0.25) is 0 Å². The number of carbonyl (C=O) groups excluding carboxylic acids is 1. The van der Waals surface area contributed by atoms with Gasteiger partial charge in [-0.15, -0.1) is 0 Å². The summed E-state index contributed by atoms with van der Waals surface area (Å²) in [4.78, 5) is 21.8. The van der Waals surface area contributed by atoms with Gasteiger partial charge in [0.05, 0.1) is 10.5 Å². The zero-order chi connectivity index (χ0) is 15.6. The highest BCUT2D eigenvalue weighted by Crippen LogP contribution is 2.24. The minimum Gasteiger partial charge on any atom is -0.322 e. The Kier molecular flexibility index (Phi) is 4.32. The number of hydrogen-bond donors (Lipinski definition) is 1. The second kappa shape index (κ2) is 6.01. The number of aryl methyl sites for hydroxylation is 1. The first kappa shape index (κ1) is 15.1. The molecule has 0 unspecified atom stereocenters. The maximum absolute atomic E-state index is 13.5. The van der Waals surface area contributed by atoms with Crippen molar-refractivity contribution in [2.24, 2.45) is 0 Å². The normalized spacial score (nSPS) is 10.2. The van der Waals surface area contributed by atoms with Crippen LogP contribution in [-0.4, -0.2) is 10.8 Å². The molecule has 2 rings (SSSR count). The molecule has 0 heterocycles. The molecule has 0 fully saturated rings. The summed E-state index contributed by atoms with van der Waals surface area (Å²) in [5.74, 6) is -1.43. The van der Waals surface area contributed by atoms with Crippen LogP contribution in [0.1, 0.15) is 15.9 Å². The topological polar surface area (TPSA) is 72.2 Å². The van der Waals surface area contributed by atoms with E-state index in [9.17, 15) is 19.3 Å². The van der Waals surface area contributed by atoms with Gasteiger partial charge in [-0.3, -0.25) is 14.9 Å². The maximum atomic E-state index is 13.5. The molecule has 0 aliphatic carbocycles. The van der Waals surface area contributed by atoms with Crippen molar-refractivity contribution in [1.82, 2.24) is 0 Å². The van der Waals surface area contributed by atoms with Gasteiger partial charge in [0.1, 0.15) is 0 Å². The molecule has 0 saturated carbocycles. The Morgan fingerprint density at radius 3 is 2.67 bits per heavy atom. The predicted octanol–water partition coefficient (Wildman–Crippen LogP) is 4.06. The molecule has 0 saturated heterocycles. The van der Waals surface area contributed by atoms with Crippen molar-refractivity contribution in [2.75, 3.05) is 5.32 Å². The van der Waals surface area contributed by atoms with E-state index in [0.29, 0.717) is 10.0 Å². The van der Waals surface area contributed by atoms with Gasteiger partial charge in [-0.05, 0) is 40.5 Å². The first-order valence-electron chi connectivity index (χ1n) is 5.90. The summed E-state index contributed by atoms with van der Waals surface area (Å²) in [5.41, 5.74) is 0.799. The SMILES string of the molecule is Cc1cccc(C(=O)Nc2ccc([N+](=O)[O-])c(F)c2)c1Br. The van der Waals surface area contributed by atoms with E-state index in [1.165, 1.54) is 6.07 Å². The summed E-state index contributed by atoms with van der Waals surface area (Å²) in [5, 5.41) is 13.0. The molecule has 1 amide bonds. The van der Waals surface area contributed by atoms with Gasteiger partial charge in [-0.2, -0.15) is 4.39 Å². The quantitative estimate of drug-likeness (QED) is 0.668. The molecule has 2 aromatic carbocycles. The summed E-state index contributed by atoms with van der Waals surface area (Å²) in [6.45, 7) is 1.84. The Balaban J connectivity index is 2.26. The van der Waals surface area contributed by atoms with E-state index < -0.39 is 22.3 Å². The second-order valence-corrected chi connectivity index (χ2v) is 5.11. The smallest absolute Gasteiger partial charge is 0.304 e. The summed E-state index contributed by atoms with van der Waals surface area (Å²) in [7, 11) is 0. The Bertz CT molecular complexity index is 734. The van der Waals surface area contributed by atoms with E-state index in [2.05, 4.69) is 21.2 Å². The number of nitrogens with zero attached hydrogens (tertiary/aromatic N) is 1. The summed E-state index contributed by atoms with van der Waals surface area (Å²) >= 11 is 3.32. The zero-order valence-electron chi connectivity index (χ0n) is 10.9. The summed E-state index contributed by atoms with van der Waals surface area (Å²) in [6.07, 6.45) is 0. The van der Waals surface area contributed by atoms with E-state index in [-0.39, 0.29) is 5.69 Å². The number of carbonyl (C=O) groups is 1. The van der Waals surface area contributed by atoms with Gasteiger partial charge in [0.2, 0.25) is 5.82 Å². The van der Waals surface area contributed by atoms with Crippen LogP contribution < -0.4 is 5.32 Å². The lowest BCUT2D eigenvalue weighted by Crippen LogP contribution is -2.13. The predicted molar refractivity (Wildman–Crippen MR) is 79.9 cm³/mol. The molecule has 1 N–H and O–H groups in total. The van der Waals surface area contributed by atoms with E-state index >= 15 is 0 Å². The summed E-state index contributed by atoms with van der Waals surface area (Å²) < 4.78 is 14.1. The number of nitro benzene ring substituents is 1. The fraction of sp³-hybridized carbons (Fsp3) is 0.0714. The van der Waals surface area contributed by atoms with Crippen LogP contribution in [0.5, 0.6) is 0 Å². The van der Waals surface area contributed by atoms with Crippen molar-refractivity contribution in [3.63, 3.8) is 0 Å². The minimum absolute atomic E-state index is 0.150. The van der Waals surface area contributed by atoms with Crippen molar-refractivity contribution in [3.05, 3.63) is 67.9 Å². The number of amides is 1. The van der Waals surface area contributed by atoms with Gasteiger partial charge in [-0.1, -0.05) is 12.1 Å². The van der Waals surface area contributed by atoms with Gasteiger partial charge in [0.15, 0.2) is 0 Å². The third kappa shape index (κ3) is 3.25. The van der Waals surface area contributed by atoms with Crippen molar-refractivity contribution in [1.29, 1.82) is 0 Å². The van der Waals surface area contributed by atoms with Crippen LogP contribution in [0.4, 0.5) is 15.8 Å². The number of hydrogen-bond acceptors (Lipinski definition) is 3. The summed E-state index contributed by atoms with van der Waals surface area (Å²) in [6, 6.07) is 8.39. The average molecular weight is 353 g/mol. The molecule has 2 aromatic rings. The second-order valence-electron chi connectivity index (χ2n) is 4.31. The molecule has 5 nitrogen and oxygen atoms in total. The monoisotopic (exact) mass is 352 g/mol. The first-order chi connectivity index (χ1) is 9.90. The molecular formula is C14H10BrFN2O3. The Morgan fingerprint density at radius 2 is 2.05 bits per heavy atom. The zero-order valence-corrected chi connectivity index (χ0v) is 12.5. The molecule has 7 heteroatoms. The average Bonchev–Trinajstić information content (AvgIpc) is 2.41. The van der Waals surface area contributed by atoms with Crippen molar-refractivity contribution in [3.8, 4) is 0 Å². The number of nitro groups is 1. The van der Waals surface area contributed by atoms with Crippen LogP contribution in [0, 0.1) is 22.9 Å². The van der Waals surface area contributed by atoms with Crippen LogP contribution in [0.3, 0.4) is 0 Å². The highest BCUT2D eigenvalue weighted by molar-refractivity contribution is 9.10. The fourth-order valence-electron chi connectivity index (χ4n) is 1.75. The molecule has 0 radical (unpaired) electrons. The number of nitrogens with one attached hydrogen (secondary N) is 1. The lowest BCUT2D eigenvalue weighted by molar-refractivity contribution is -0.387. The van der Waals surface area contributed by atoms with E-state index in [4.69, 9.17) is 0 Å². The molecule has 108 valence electrons. The first-order valence-corrected chi connectivity index (χ1v) is 6.70. The van der Waals surface area contributed by atoms with Crippen LogP contribution in [0.15, 0.2) is 40.9 Å². The minimum atomic E-state index is -0.999. The van der Waals surface area contributed by atoms with E-state index in [1.807, 2.05) is 13.0 Å². The van der Waals surface area contributed by atoms with Gasteiger partial charge < -0.3 is 5.32 Å². The van der Waals surface area contributed by atoms with Gasteiger partial charge in [0.25, 0.3) is 5.91 Å². The molecule has 0 aromatic heterocycles. The molecule has 0 aliphatic heterocycles. The Labute approximate surface area is 128 Å². The van der Waals surface area contributed by atoms with E-state index in [1.54, 1.807) is 12.1 Å². The molecule has 21 heavy (non-hydrogen) atoms. The van der Waals surface area contributed by atoms with Crippen molar-refractivity contribution >= 4 is 33.2 Å². The van der Waals surface area contributed by atoms with Crippen molar-refractivity contribution < 1.29 is 14.1 Å². The lowest BCUT2D eigenvalue weighted by atomic mass is 10.1. The standard InChI is InChI=1S/C14H10BrFN2O3/c1-8-3-2-4-10(13(8)15)14(19)17-9-5-6-12(18(20)21)11(16)7-9/h2-7H,1H3,(H,17,19). The van der Waals surface area contributed by atoms with Crippen LogP contribution in [-0.2, 0) is 0 Å². The third-order valence-corrected chi connectivity index (χ3v) is 3.89. The number of benzene rings is 2. The molecular weight excluding hydrogens is 343 g/mol. The highest BCUT2D eigenvalue weighted by Gasteiger charge is 2.16. The molecule has 0 atom stereocenters. The number of halogens is 2. The lowest BCUT2D eigenvalue weighted by Gasteiger charge is -2.08. The number of rotatable bonds is 3. The fourth-order valence-corrected chi connectivity index (χ4v) is 2.20. The Morgan fingerprint density at radius 1 is 1.33 bits per heavy atom. The molecule has 0 bridgehead atoms. The highest BCUT2D eigenvalue weighted by atomic mass is 79.9. The Hall–Kier alpha value is -2.28. The maximum Gasteiger partial charge on any atom is 0.304 e. The number of anilines is 1. The van der Waals surface area contributed by atoms with Gasteiger partial charge >= 0.3 is 5.69 Å². The molecule has 0 aliphatic rings. The van der Waals surface area contributed by atoms with Crippen LogP contribution >= 0.6 is 15.9 Å². The van der Waals surface area contributed by atoms with E-state index in [0.717, 1.165) is 17.7 Å². The van der Waals surface area contributed by atoms with Gasteiger partial charge in [0, 0.05) is 22.3 Å².